The molecule has 0 fully saturated rings. The number of urea groups is 1. The van der Waals surface area contributed by atoms with Gasteiger partial charge in [0, 0.05) is 18.9 Å². The fourth-order valence-corrected chi connectivity index (χ4v) is 1.20. The van der Waals surface area contributed by atoms with Crippen LogP contribution in [0.3, 0.4) is 0 Å². The highest BCUT2D eigenvalue weighted by Crippen LogP contribution is 2.08. The van der Waals surface area contributed by atoms with Gasteiger partial charge in [0.25, 0.3) is 0 Å². The molecule has 15 heavy (non-hydrogen) atoms. The fourth-order valence-electron chi connectivity index (χ4n) is 1.20. The quantitative estimate of drug-likeness (QED) is 0.791. The van der Waals surface area contributed by atoms with Crippen molar-refractivity contribution in [1.82, 2.24) is 15.6 Å². The van der Waals surface area contributed by atoms with Crippen LogP contribution in [0.25, 0.3) is 0 Å². The molecule has 0 saturated heterocycles. The standard InChI is InChI=1S/C11H17N3O/c1-3-6-13-11(15)14-9(2)10-5-4-7-12-8-10/h4-5,7-9H,3,6H2,1-2H3,(H2,13,14,15)/t9-/m1/s1. The maximum Gasteiger partial charge on any atom is 0.315 e. The first-order chi connectivity index (χ1) is 7.24. The zero-order valence-electron chi connectivity index (χ0n) is 9.16. The topological polar surface area (TPSA) is 54.0 Å². The molecule has 1 aromatic rings. The monoisotopic (exact) mass is 207 g/mol. The first-order valence-corrected chi connectivity index (χ1v) is 5.18. The SMILES string of the molecule is CCCNC(=O)N[C@H](C)c1cccnc1. The van der Waals surface area contributed by atoms with Crippen LogP contribution in [0.15, 0.2) is 24.5 Å². The van der Waals surface area contributed by atoms with Crippen molar-refractivity contribution in [3.8, 4) is 0 Å². The van der Waals surface area contributed by atoms with Gasteiger partial charge >= 0.3 is 6.03 Å². The minimum atomic E-state index is -0.131. The average molecular weight is 207 g/mol. The molecule has 0 saturated carbocycles. The van der Waals surface area contributed by atoms with Crippen LogP contribution in [0.1, 0.15) is 31.9 Å². The summed E-state index contributed by atoms with van der Waals surface area (Å²) in [6.45, 7) is 4.65. The molecule has 82 valence electrons. The van der Waals surface area contributed by atoms with Crippen LogP contribution >= 0.6 is 0 Å². The number of nitrogens with zero attached hydrogens (tertiary/aromatic N) is 1. The molecule has 0 aliphatic rings. The predicted molar refractivity (Wildman–Crippen MR) is 59.5 cm³/mol. The van der Waals surface area contributed by atoms with Crippen LogP contribution in [0.2, 0.25) is 0 Å². The van der Waals surface area contributed by atoms with E-state index in [0.717, 1.165) is 12.0 Å². The Balaban J connectivity index is 2.42. The number of hydrogen-bond acceptors (Lipinski definition) is 2. The van der Waals surface area contributed by atoms with Gasteiger partial charge in [-0.1, -0.05) is 13.0 Å². The first kappa shape index (κ1) is 11.5. The van der Waals surface area contributed by atoms with Crippen molar-refractivity contribution in [3.63, 3.8) is 0 Å². The maximum atomic E-state index is 11.3. The van der Waals surface area contributed by atoms with Crippen molar-refractivity contribution < 1.29 is 4.79 Å². The molecule has 1 aromatic heterocycles. The molecule has 1 atom stereocenters. The number of carbonyl (C=O) groups excluding carboxylic acids is 1. The minimum Gasteiger partial charge on any atom is -0.338 e. The Morgan fingerprint density at radius 1 is 1.60 bits per heavy atom. The van der Waals surface area contributed by atoms with Crippen LogP contribution in [0.4, 0.5) is 4.79 Å². The summed E-state index contributed by atoms with van der Waals surface area (Å²) in [6, 6.07) is 3.65. The third kappa shape index (κ3) is 3.97. The Morgan fingerprint density at radius 3 is 3.00 bits per heavy atom. The molecule has 1 rings (SSSR count). The zero-order valence-corrected chi connectivity index (χ0v) is 9.16. The van der Waals surface area contributed by atoms with Gasteiger partial charge in [-0.2, -0.15) is 0 Å². The van der Waals surface area contributed by atoms with E-state index in [1.807, 2.05) is 26.0 Å². The molecule has 4 nitrogen and oxygen atoms in total. The summed E-state index contributed by atoms with van der Waals surface area (Å²) in [5.41, 5.74) is 1.00. The van der Waals surface area contributed by atoms with Crippen molar-refractivity contribution in [2.75, 3.05) is 6.54 Å². The van der Waals surface area contributed by atoms with Gasteiger partial charge in [-0.05, 0) is 25.0 Å². The molecule has 0 aromatic carbocycles. The number of hydrogen-bond donors (Lipinski definition) is 2. The van der Waals surface area contributed by atoms with Crippen molar-refractivity contribution in [2.45, 2.75) is 26.3 Å². The molecule has 4 heteroatoms. The summed E-state index contributed by atoms with van der Waals surface area (Å²) in [5, 5.41) is 5.60. The Labute approximate surface area is 90.1 Å². The number of amides is 2. The van der Waals surface area contributed by atoms with Crippen LogP contribution < -0.4 is 10.6 Å². The lowest BCUT2D eigenvalue weighted by atomic mass is 10.1. The second-order valence-electron chi connectivity index (χ2n) is 3.41. The minimum absolute atomic E-state index is 0.0180. The van der Waals surface area contributed by atoms with Crippen molar-refractivity contribution in [1.29, 1.82) is 0 Å². The number of rotatable bonds is 4. The van der Waals surface area contributed by atoms with Crippen LogP contribution in [0, 0.1) is 0 Å². The van der Waals surface area contributed by atoms with Gasteiger partial charge < -0.3 is 10.6 Å². The maximum absolute atomic E-state index is 11.3. The lowest BCUT2D eigenvalue weighted by Gasteiger charge is -2.14. The van der Waals surface area contributed by atoms with E-state index in [4.69, 9.17) is 0 Å². The third-order valence-corrected chi connectivity index (χ3v) is 2.07. The summed E-state index contributed by atoms with van der Waals surface area (Å²) < 4.78 is 0. The van der Waals surface area contributed by atoms with Crippen LogP contribution in [-0.2, 0) is 0 Å². The van der Waals surface area contributed by atoms with E-state index in [-0.39, 0.29) is 12.1 Å². The highest BCUT2D eigenvalue weighted by molar-refractivity contribution is 5.74. The van der Waals surface area contributed by atoms with Gasteiger partial charge in [0.05, 0.1) is 6.04 Å². The number of pyridine rings is 1. The van der Waals surface area contributed by atoms with Gasteiger partial charge in [-0.3, -0.25) is 4.98 Å². The summed E-state index contributed by atoms with van der Waals surface area (Å²) in [5.74, 6) is 0. The highest BCUT2D eigenvalue weighted by atomic mass is 16.2. The molecule has 2 N–H and O–H groups in total. The second-order valence-corrected chi connectivity index (χ2v) is 3.41. The predicted octanol–water partition coefficient (Wildman–Crippen LogP) is 1.85. The lowest BCUT2D eigenvalue weighted by Crippen LogP contribution is -2.37. The second kappa shape index (κ2) is 6.01. The average Bonchev–Trinajstić information content (AvgIpc) is 2.27. The number of aromatic nitrogens is 1. The number of nitrogens with one attached hydrogen (secondary N) is 2. The Morgan fingerprint density at radius 2 is 2.40 bits per heavy atom. The smallest absolute Gasteiger partial charge is 0.315 e. The van der Waals surface area contributed by atoms with Crippen molar-refractivity contribution in [3.05, 3.63) is 30.1 Å². The van der Waals surface area contributed by atoms with E-state index in [2.05, 4.69) is 15.6 Å². The lowest BCUT2D eigenvalue weighted by molar-refractivity contribution is 0.238. The molecule has 0 radical (unpaired) electrons. The van der Waals surface area contributed by atoms with E-state index >= 15 is 0 Å². The molecule has 0 spiro atoms. The third-order valence-electron chi connectivity index (χ3n) is 2.07. The van der Waals surface area contributed by atoms with Gasteiger partial charge in [0.15, 0.2) is 0 Å². The molecule has 2 amide bonds. The Kier molecular flexibility index (Phi) is 4.60. The molecule has 0 aliphatic carbocycles. The van der Waals surface area contributed by atoms with Gasteiger partial charge in [0.1, 0.15) is 0 Å². The normalized spacial score (nSPS) is 11.9. The molecular formula is C11H17N3O. The zero-order chi connectivity index (χ0) is 11.1. The van der Waals surface area contributed by atoms with Crippen molar-refractivity contribution in [2.24, 2.45) is 0 Å². The summed E-state index contributed by atoms with van der Waals surface area (Å²) in [6.07, 6.45) is 4.41. The summed E-state index contributed by atoms with van der Waals surface area (Å²) in [4.78, 5) is 15.3. The fraction of sp³-hybridized carbons (Fsp3) is 0.455. The van der Waals surface area contributed by atoms with E-state index in [0.29, 0.717) is 6.54 Å². The van der Waals surface area contributed by atoms with Crippen LogP contribution in [-0.4, -0.2) is 17.6 Å². The largest absolute Gasteiger partial charge is 0.338 e. The van der Waals surface area contributed by atoms with Gasteiger partial charge in [0.2, 0.25) is 0 Å². The molecule has 0 bridgehead atoms. The van der Waals surface area contributed by atoms with E-state index < -0.39 is 0 Å². The van der Waals surface area contributed by atoms with E-state index in [9.17, 15) is 4.79 Å². The summed E-state index contributed by atoms with van der Waals surface area (Å²) >= 11 is 0. The first-order valence-electron chi connectivity index (χ1n) is 5.18. The molecule has 0 unspecified atom stereocenters. The van der Waals surface area contributed by atoms with E-state index in [1.54, 1.807) is 12.4 Å². The van der Waals surface area contributed by atoms with Gasteiger partial charge in [-0.25, -0.2) is 4.79 Å². The van der Waals surface area contributed by atoms with Crippen LogP contribution in [0.5, 0.6) is 0 Å². The van der Waals surface area contributed by atoms with Gasteiger partial charge in [-0.15, -0.1) is 0 Å². The molecule has 1 heterocycles. The number of carbonyl (C=O) groups is 1. The Bertz CT molecular complexity index is 300. The van der Waals surface area contributed by atoms with Crippen molar-refractivity contribution >= 4 is 6.03 Å². The Hall–Kier alpha value is -1.58. The summed E-state index contributed by atoms with van der Waals surface area (Å²) in [7, 11) is 0. The van der Waals surface area contributed by atoms with E-state index in [1.165, 1.54) is 0 Å². The highest BCUT2D eigenvalue weighted by Gasteiger charge is 2.07. The molecule has 0 aliphatic heterocycles. The molecular weight excluding hydrogens is 190 g/mol.